The molecular weight excluding hydrogens is 672 g/mol. The Bertz CT molecular complexity index is 2190. The Balaban J connectivity index is 1.47. The third-order valence-corrected chi connectivity index (χ3v) is 9.99. The van der Waals surface area contributed by atoms with Crippen LogP contribution in [0, 0.1) is 0 Å². The first-order valence-electron chi connectivity index (χ1n) is 16.2. The van der Waals surface area contributed by atoms with Gasteiger partial charge >= 0.3 is 0 Å². The fourth-order valence-corrected chi connectivity index (χ4v) is 7.62. The van der Waals surface area contributed by atoms with Crippen LogP contribution in [0.1, 0.15) is 45.1 Å². The van der Waals surface area contributed by atoms with Crippen molar-refractivity contribution in [3.63, 3.8) is 0 Å². The van der Waals surface area contributed by atoms with Crippen LogP contribution in [0.3, 0.4) is 0 Å². The van der Waals surface area contributed by atoms with Crippen LogP contribution < -0.4 is 9.80 Å². The van der Waals surface area contributed by atoms with Gasteiger partial charge in [0.05, 0.1) is 23.0 Å². The molecule has 0 saturated heterocycles. The van der Waals surface area contributed by atoms with Crippen molar-refractivity contribution in [1.29, 1.82) is 0 Å². The SMILES string of the molecule is O=C(c1ccccc1)N1c2ccccc2N2C(=O)C(c3ccccc3)=C(c3ccccc3)OC2(c2ccccc2)CC1c1ccccc1Br. The minimum Gasteiger partial charge on any atom is -0.462 e. The molecule has 0 aromatic heterocycles. The largest absolute Gasteiger partial charge is 0.462 e. The molecule has 2 aliphatic heterocycles. The zero-order chi connectivity index (χ0) is 33.4. The van der Waals surface area contributed by atoms with E-state index in [1.54, 1.807) is 4.90 Å². The van der Waals surface area contributed by atoms with Crippen molar-refractivity contribution in [2.45, 2.75) is 18.2 Å². The number of halogens is 1. The zero-order valence-electron chi connectivity index (χ0n) is 26.4. The number of hydrogen-bond acceptors (Lipinski definition) is 3. The molecule has 49 heavy (non-hydrogen) atoms. The molecular formula is C43H31BrN2O3. The van der Waals surface area contributed by atoms with Gasteiger partial charge in [-0.3, -0.25) is 19.4 Å². The minimum absolute atomic E-state index is 0.177. The first-order valence-corrected chi connectivity index (χ1v) is 17.0. The molecule has 2 heterocycles. The van der Waals surface area contributed by atoms with E-state index in [4.69, 9.17) is 4.74 Å². The lowest BCUT2D eigenvalue weighted by molar-refractivity contribution is -0.120. The average Bonchev–Trinajstić information content (AvgIpc) is 3.29. The molecule has 0 bridgehead atoms. The lowest BCUT2D eigenvalue weighted by Crippen LogP contribution is -2.55. The summed E-state index contributed by atoms with van der Waals surface area (Å²) in [5.74, 6) is 0.0967. The van der Waals surface area contributed by atoms with Gasteiger partial charge in [-0.1, -0.05) is 155 Å². The Morgan fingerprint density at radius 1 is 0.633 bits per heavy atom. The summed E-state index contributed by atoms with van der Waals surface area (Å²) < 4.78 is 8.33. The Labute approximate surface area is 293 Å². The third kappa shape index (κ3) is 5.25. The molecule has 0 radical (unpaired) electrons. The topological polar surface area (TPSA) is 49.9 Å². The standard InChI is InChI=1S/C43H31BrN2O3/c44-35-26-14-13-25-34(35)38-29-43(33-23-11-4-12-24-33)46(37-28-16-15-27-36(37)45(38)41(47)32-21-9-3-10-22-32)42(48)39(30-17-5-1-6-18-30)40(49-43)31-19-7-2-8-20-31/h1-28,38H,29H2. The van der Waals surface area contributed by atoms with E-state index in [1.165, 1.54) is 0 Å². The summed E-state index contributed by atoms with van der Waals surface area (Å²) in [6.07, 6.45) is 0.233. The number of amides is 2. The minimum atomic E-state index is -1.36. The number of anilines is 2. The van der Waals surface area contributed by atoms with Crippen LogP contribution in [-0.4, -0.2) is 11.8 Å². The van der Waals surface area contributed by atoms with Crippen LogP contribution in [-0.2, 0) is 15.3 Å². The van der Waals surface area contributed by atoms with Crippen LogP contribution in [0.15, 0.2) is 174 Å². The van der Waals surface area contributed by atoms with Crippen molar-refractivity contribution in [3.8, 4) is 0 Å². The zero-order valence-corrected chi connectivity index (χ0v) is 28.0. The van der Waals surface area contributed by atoms with E-state index in [9.17, 15) is 4.79 Å². The van der Waals surface area contributed by atoms with Gasteiger partial charge < -0.3 is 4.74 Å². The van der Waals surface area contributed by atoms with Crippen molar-refractivity contribution in [2.75, 3.05) is 9.80 Å². The van der Waals surface area contributed by atoms with Gasteiger partial charge in [-0.2, -0.15) is 0 Å². The molecule has 5 nitrogen and oxygen atoms in total. The van der Waals surface area contributed by atoms with E-state index in [0.717, 1.165) is 26.7 Å². The van der Waals surface area contributed by atoms with Crippen molar-refractivity contribution in [1.82, 2.24) is 0 Å². The molecule has 2 aliphatic rings. The molecule has 0 spiro atoms. The fourth-order valence-electron chi connectivity index (χ4n) is 7.08. The maximum Gasteiger partial charge on any atom is 0.266 e. The van der Waals surface area contributed by atoms with Gasteiger partial charge in [-0.25, -0.2) is 0 Å². The fraction of sp³-hybridized carbons (Fsp3) is 0.0698. The Morgan fingerprint density at radius 3 is 1.82 bits per heavy atom. The maximum atomic E-state index is 15.6. The highest BCUT2D eigenvalue weighted by atomic mass is 79.9. The van der Waals surface area contributed by atoms with Gasteiger partial charge in [0.25, 0.3) is 11.8 Å². The van der Waals surface area contributed by atoms with E-state index in [2.05, 4.69) is 15.9 Å². The van der Waals surface area contributed by atoms with Crippen molar-refractivity contribution >= 4 is 50.5 Å². The number of rotatable bonds is 5. The highest BCUT2D eigenvalue weighted by Crippen LogP contribution is 2.56. The predicted octanol–water partition coefficient (Wildman–Crippen LogP) is 10.0. The first-order chi connectivity index (χ1) is 24.1. The third-order valence-electron chi connectivity index (χ3n) is 9.27. The number of fused-ring (bicyclic) bond motifs is 3. The molecule has 0 aliphatic carbocycles. The molecule has 0 fully saturated rings. The molecule has 6 aromatic rings. The molecule has 0 saturated carbocycles. The van der Waals surface area contributed by atoms with Gasteiger partial charge in [0, 0.05) is 27.6 Å². The molecule has 238 valence electrons. The van der Waals surface area contributed by atoms with Crippen molar-refractivity contribution < 1.29 is 14.3 Å². The monoisotopic (exact) mass is 702 g/mol. The summed E-state index contributed by atoms with van der Waals surface area (Å²) in [5.41, 5.74) is 4.06. The van der Waals surface area contributed by atoms with Gasteiger partial charge in [-0.05, 0) is 41.5 Å². The second-order valence-corrected chi connectivity index (χ2v) is 13.0. The number of benzene rings is 6. The van der Waals surface area contributed by atoms with E-state index >= 15 is 4.79 Å². The summed E-state index contributed by atoms with van der Waals surface area (Å²) in [6.45, 7) is 0. The summed E-state index contributed by atoms with van der Waals surface area (Å²) in [7, 11) is 0. The summed E-state index contributed by atoms with van der Waals surface area (Å²) in [5, 5.41) is 0. The lowest BCUT2D eigenvalue weighted by Gasteiger charge is -2.48. The number of nitrogens with zero attached hydrogens (tertiary/aromatic N) is 2. The number of carbonyl (C=O) groups excluding carboxylic acids is 2. The summed E-state index contributed by atoms with van der Waals surface area (Å²) in [6, 6.07) is 53.7. The maximum absolute atomic E-state index is 15.6. The molecule has 2 atom stereocenters. The van der Waals surface area contributed by atoms with Crippen LogP contribution in [0.2, 0.25) is 0 Å². The van der Waals surface area contributed by atoms with Crippen molar-refractivity contribution in [2.24, 2.45) is 0 Å². The van der Waals surface area contributed by atoms with Crippen LogP contribution in [0.25, 0.3) is 11.3 Å². The smallest absolute Gasteiger partial charge is 0.266 e. The molecule has 0 N–H and O–H groups in total. The molecule has 2 amide bonds. The highest BCUT2D eigenvalue weighted by molar-refractivity contribution is 9.10. The van der Waals surface area contributed by atoms with E-state index in [0.29, 0.717) is 28.3 Å². The van der Waals surface area contributed by atoms with Crippen LogP contribution >= 0.6 is 15.9 Å². The summed E-state index contributed by atoms with van der Waals surface area (Å²) in [4.78, 5) is 34.1. The number of para-hydroxylation sites is 2. The number of ether oxygens (including phenoxy) is 1. The second-order valence-electron chi connectivity index (χ2n) is 12.1. The first kappa shape index (κ1) is 30.6. The van der Waals surface area contributed by atoms with E-state index in [-0.39, 0.29) is 18.2 Å². The predicted molar refractivity (Wildman–Crippen MR) is 198 cm³/mol. The normalized spacial score (nSPS) is 18.6. The molecule has 2 unspecified atom stereocenters. The number of hydrogen-bond donors (Lipinski definition) is 0. The van der Waals surface area contributed by atoms with Crippen LogP contribution in [0.4, 0.5) is 11.4 Å². The highest BCUT2D eigenvalue weighted by Gasteiger charge is 2.56. The van der Waals surface area contributed by atoms with Gasteiger partial charge in [0.1, 0.15) is 5.76 Å². The quantitative estimate of drug-likeness (QED) is 0.180. The summed E-state index contributed by atoms with van der Waals surface area (Å²) >= 11 is 3.82. The Morgan fingerprint density at radius 2 is 1.16 bits per heavy atom. The van der Waals surface area contributed by atoms with E-state index < -0.39 is 11.8 Å². The van der Waals surface area contributed by atoms with Gasteiger partial charge in [0.2, 0.25) is 5.72 Å². The van der Waals surface area contributed by atoms with Gasteiger partial charge in [0.15, 0.2) is 0 Å². The Hall–Kier alpha value is -5.72. The Kier molecular flexibility index (Phi) is 7.94. The lowest BCUT2D eigenvalue weighted by atomic mass is 9.86. The van der Waals surface area contributed by atoms with Crippen molar-refractivity contribution in [3.05, 3.63) is 202 Å². The molecule has 8 rings (SSSR count). The molecule has 6 aromatic carbocycles. The van der Waals surface area contributed by atoms with Gasteiger partial charge in [-0.15, -0.1) is 0 Å². The number of carbonyl (C=O) groups is 2. The van der Waals surface area contributed by atoms with Crippen LogP contribution in [0.5, 0.6) is 0 Å². The second kappa shape index (κ2) is 12.7. The van der Waals surface area contributed by atoms with E-state index in [1.807, 2.05) is 175 Å². The molecule has 6 heteroatoms. The average molecular weight is 704 g/mol.